The Morgan fingerprint density at radius 2 is 2.12 bits per heavy atom. The van der Waals surface area contributed by atoms with Crippen molar-refractivity contribution in [2.75, 3.05) is 33.0 Å². The van der Waals surface area contributed by atoms with Gasteiger partial charge in [-0.3, -0.25) is 4.79 Å². The normalized spacial score (nSPS) is 12.4. The van der Waals surface area contributed by atoms with Gasteiger partial charge in [0.05, 0.1) is 26.4 Å². The van der Waals surface area contributed by atoms with Gasteiger partial charge in [-0.15, -0.1) is 0 Å². The molecule has 0 aromatic carbocycles. The lowest BCUT2D eigenvalue weighted by Crippen LogP contribution is -2.39. The number of rotatable bonds is 10. The summed E-state index contributed by atoms with van der Waals surface area (Å²) in [4.78, 5) is 11.5. The fourth-order valence-electron chi connectivity index (χ4n) is 1.31. The van der Waals surface area contributed by atoms with E-state index in [1.807, 2.05) is 6.92 Å². The van der Waals surface area contributed by atoms with E-state index < -0.39 is 0 Å². The second-order valence-corrected chi connectivity index (χ2v) is 3.38. The Bertz CT molecular complexity index is 175. The number of carbonyl (C=O) groups is 1. The molecule has 16 heavy (non-hydrogen) atoms. The summed E-state index contributed by atoms with van der Waals surface area (Å²) < 4.78 is 10.0. The first-order valence-electron chi connectivity index (χ1n) is 5.84. The Hall–Kier alpha value is -0.650. The number of ether oxygens (including phenoxy) is 2. The number of aliphatic hydroxyl groups excluding tert-OH is 1. The summed E-state index contributed by atoms with van der Waals surface area (Å²) in [6.07, 6.45) is 1.69. The third-order valence-corrected chi connectivity index (χ3v) is 2.02. The van der Waals surface area contributed by atoms with Gasteiger partial charge in [0.1, 0.15) is 6.04 Å². The van der Waals surface area contributed by atoms with E-state index in [1.54, 1.807) is 6.92 Å². The molecule has 1 unspecified atom stereocenters. The molecule has 0 bridgehead atoms. The van der Waals surface area contributed by atoms with Gasteiger partial charge < -0.3 is 19.9 Å². The summed E-state index contributed by atoms with van der Waals surface area (Å²) in [5.41, 5.74) is 0. The predicted octanol–water partition coefficient (Wildman–Crippen LogP) is 0.317. The number of aliphatic hydroxyl groups is 1. The van der Waals surface area contributed by atoms with Gasteiger partial charge in [0.15, 0.2) is 0 Å². The average Bonchev–Trinajstić information content (AvgIpc) is 2.27. The van der Waals surface area contributed by atoms with Crippen molar-refractivity contribution in [2.24, 2.45) is 0 Å². The molecule has 0 aliphatic rings. The van der Waals surface area contributed by atoms with Crippen LogP contribution in [-0.2, 0) is 14.3 Å². The first kappa shape index (κ1) is 15.3. The standard InChI is InChI=1S/C11H23NO4/c1-3-5-10(11(14)16-4-2)12-6-8-15-9-7-13/h10,12-13H,3-9H2,1-2H3. The molecule has 0 saturated heterocycles. The van der Waals surface area contributed by atoms with Gasteiger partial charge >= 0.3 is 5.97 Å². The van der Waals surface area contributed by atoms with Crippen LogP contribution in [0.15, 0.2) is 0 Å². The molecule has 0 aromatic rings. The van der Waals surface area contributed by atoms with Crippen molar-refractivity contribution in [3.8, 4) is 0 Å². The van der Waals surface area contributed by atoms with E-state index in [0.29, 0.717) is 26.4 Å². The van der Waals surface area contributed by atoms with Crippen molar-refractivity contribution in [3.05, 3.63) is 0 Å². The highest BCUT2D eigenvalue weighted by atomic mass is 16.5. The molecule has 0 aromatic heterocycles. The van der Waals surface area contributed by atoms with Gasteiger partial charge in [-0.1, -0.05) is 13.3 Å². The molecule has 0 heterocycles. The van der Waals surface area contributed by atoms with Crippen LogP contribution in [0.4, 0.5) is 0 Å². The summed E-state index contributed by atoms with van der Waals surface area (Å²) in [5.74, 6) is -0.202. The molecule has 0 spiro atoms. The SMILES string of the molecule is CCCC(NCCOCCO)C(=O)OCC. The number of carbonyl (C=O) groups excluding carboxylic acids is 1. The lowest BCUT2D eigenvalue weighted by Gasteiger charge is -2.16. The van der Waals surface area contributed by atoms with Crippen molar-refractivity contribution < 1.29 is 19.4 Å². The third-order valence-electron chi connectivity index (χ3n) is 2.02. The molecule has 2 N–H and O–H groups in total. The van der Waals surface area contributed by atoms with Gasteiger partial charge in [0.25, 0.3) is 0 Å². The molecule has 0 rings (SSSR count). The van der Waals surface area contributed by atoms with Gasteiger partial charge in [0, 0.05) is 6.54 Å². The second-order valence-electron chi connectivity index (χ2n) is 3.38. The van der Waals surface area contributed by atoms with Crippen molar-refractivity contribution in [1.82, 2.24) is 5.32 Å². The minimum atomic E-state index is -0.248. The minimum Gasteiger partial charge on any atom is -0.465 e. The van der Waals surface area contributed by atoms with Gasteiger partial charge in [-0.2, -0.15) is 0 Å². The third kappa shape index (κ3) is 7.62. The largest absolute Gasteiger partial charge is 0.465 e. The van der Waals surface area contributed by atoms with Crippen LogP contribution in [-0.4, -0.2) is 50.1 Å². The zero-order valence-corrected chi connectivity index (χ0v) is 10.2. The molecule has 0 aliphatic heterocycles. The van der Waals surface area contributed by atoms with E-state index in [1.165, 1.54) is 0 Å². The maximum Gasteiger partial charge on any atom is 0.323 e. The monoisotopic (exact) mass is 233 g/mol. The van der Waals surface area contributed by atoms with E-state index in [9.17, 15) is 4.79 Å². The zero-order chi connectivity index (χ0) is 12.2. The van der Waals surface area contributed by atoms with Crippen molar-refractivity contribution in [2.45, 2.75) is 32.7 Å². The summed E-state index contributed by atoms with van der Waals surface area (Å²) in [6, 6.07) is -0.248. The predicted molar refractivity (Wildman–Crippen MR) is 61.2 cm³/mol. The van der Waals surface area contributed by atoms with E-state index >= 15 is 0 Å². The molecule has 0 saturated carbocycles. The zero-order valence-electron chi connectivity index (χ0n) is 10.2. The Morgan fingerprint density at radius 1 is 1.38 bits per heavy atom. The van der Waals surface area contributed by atoms with Gasteiger partial charge in [-0.25, -0.2) is 0 Å². The van der Waals surface area contributed by atoms with Crippen molar-refractivity contribution >= 4 is 5.97 Å². The lowest BCUT2D eigenvalue weighted by molar-refractivity contribution is -0.145. The van der Waals surface area contributed by atoms with Crippen LogP contribution in [0, 0.1) is 0 Å². The fourth-order valence-corrected chi connectivity index (χ4v) is 1.31. The summed E-state index contributed by atoms with van der Waals surface area (Å²) in [7, 11) is 0. The summed E-state index contributed by atoms with van der Waals surface area (Å²) in [6.45, 7) is 5.66. The highest BCUT2D eigenvalue weighted by Crippen LogP contribution is 1.99. The van der Waals surface area contributed by atoms with Gasteiger partial charge in [-0.05, 0) is 13.3 Å². The molecule has 96 valence electrons. The summed E-state index contributed by atoms with van der Waals surface area (Å²) in [5, 5.41) is 11.6. The Labute approximate surface area is 97.1 Å². The van der Waals surface area contributed by atoms with Crippen LogP contribution >= 0.6 is 0 Å². The fraction of sp³-hybridized carbons (Fsp3) is 0.909. The summed E-state index contributed by atoms with van der Waals surface area (Å²) >= 11 is 0. The Balaban J connectivity index is 3.71. The minimum absolute atomic E-state index is 0.0241. The van der Waals surface area contributed by atoms with E-state index in [4.69, 9.17) is 14.6 Å². The van der Waals surface area contributed by atoms with Crippen LogP contribution in [0.5, 0.6) is 0 Å². The molecule has 0 fully saturated rings. The smallest absolute Gasteiger partial charge is 0.323 e. The Kier molecular flexibility index (Phi) is 10.4. The molecule has 1 atom stereocenters. The lowest BCUT2D eigenvalue weighted by atomic mass is 10.1. The second kappa shape index (κ2) is 10.9. The molecule has 5 nitrogen and oxygen atoms in total. The number of esters is 1. The highest BCUT2D eigenvalue weighted by Gasteiger charge is 2.17. The van der Waals surface area contributed by atoms with Gasteiger partial charge in [0.2, 0.25) is 0 Å². The van der Waals surface area contributed by atoms with E-state index in [-0.39, 0.29) is 18.6 Å². The number of nitrogens with one attached hydrogen (secondary N) is 1. The van der Waals surface area contributed by atoms with E-state index in [0.717, 1.165) is 12.8 Å². The maximum atomic E-state index is 11.5. The van der Waals surface area contributed by atoms with Crippen molar-refractivity contribution in [3.63, 3.8) is 0 Å². The topological polar surface area (TPSA) is 67.8 Å². The van der Waals surface area contributed by atoms with Crippen LogP contribution < -0.4 is 5.32 Å². The first-order valence-corrected chi connectivity index (χ1v) is 5.84. The number of hydrogen-bond acceptors (Lipinski definition) is 5. The quantitative estimate of drug-likeness (QED) is 0.420. The van der Waals surface area contributed by atoms with Crippen LogP contribution in [0.2, 0.25) is 0 Å². The molecule has 5 heteroatoms. The Morgan fingerprint density at radius 3 is 2.69 bits per heavy atom. The highest BCUT2D eigenvalue weighted by molar-refractivity contribution is 5.75. The molecule has 0 radical (unpaired) electrons. The molecular weight excluding hydrogens is 210 g/mol. The maximum absolute atomic E-state index is 11.5. The average molecular weight is 233 g/mol. The first-order chi connectivity index (χ1) is 7.76. The van der Waals surface area contributed by atoms with E-state index in [2.05, 4.69) is 5.32 Å². The van der Waals surface area contributed by atoms with Crippen LogP contribution in [0.1, 0.15) is 26.7 Å². The van der Waals surface area contributed by atoms with Crippen molar-refractivity contribution in [1.29, 1.82) is 0 Å². The molecular formula is C11H23NO4. The number of hydrogen-bond donors (Lipinski definition) is 2. The van der Waals surface area contributed by atoms with Crippen LogP contribution in [0.25, 0.3) is 0 Å². The molecule has 0 amide bonds. The van der Waals surface area contributed by atoms with Crippen LogP contribution in [0.3, 0.4) is 0 Å². The molecule has 0 aliphatic carbocycles.